The molecule has 0 aromatic heterocycles. The maximum absolute atomic E-state index is 10.2. The van der Waals surface area contributed by atoms with E-state index in [1.165, 1.54) is 13.8 Å². The molecule has 0 saturated heterocycles. The number of ether oxygens (including phenoxy) is 1. The number of primary amides is 1. The van der Waals surface area contributed by atoms with Crippen LogP contribution in [0.2, 0.25) is 0 Å². The van der Waals surface area contributed by atoms with Crippen molar-refractivity contribution in [3.05, 3.63) is 11.8 Å². The zero-order valence-electron chi connectivity index (χ0n) is 5.88. The Morgan fingerprint density at radius 2 is 1.90 bits per heavy atom. The quantitative estimate of drug-likeness (QED) is 0.334. The monoisotopic (exact) mass is 143 g/mol. The number of nitrogens with two attached hydrogens (primary N) is 1. The maximum atomic E-state index is 10.2. The average molecular weight is 143 g/mol. The second-order valence-corrected chi connectivity index (χ2v) is 1.75. The highest BCUT2D eigenvalue weighted by Gasteiger charge is 1.95. The zero-order valence-corrected chi connectivity index (χ0v) is 5.88. The van der Waals surface area contributed by atoms with Gasteiger partial charge in [-0.3, -0.25) is 9.59 Å². The molecule has 0 atom stereocenters. The first-order chi connectivity index (χ1) is 4.52. The van der Waals surface area contributed by atoms with Gasteiger partial charge in [-0.25, -0.2) is 0 Å². The summed E-state index contributed by atoms with van der Waals surface area (Å²) >= 11 is 0. The first-order valence-corrected chi connectivity index (χ1v) is 2.68. The molecule has 0 unspecified atom stereocenters. The van der Waals surface area contributed by atoms with Gasteiger partial charge in [0.1, 0.15) is 5.76 Å². The summed E-state index contributed by atoms with van der Waals surface area (Å²) in [6.45, 7) is 2.73. The lowest BCUT2D eigenvalue weighted by atomic mass is 10.4. The molecule has 0 fully saturated rings. The van der Waals surface area contributed by atoms with Crippen LogP contribution in [-0.4, -0.2) is 11.9 Å². The molecule has 0 bridgehead atoms. The topological polar surface area (TPSA) is 69.4 Å². The van der Waals surface area contributed by atoms with Gasteiger partial charge >= 0.3 is 5.97 Å². The fourth-order valence-corrected chi connectivity index (χ4v) is 0.457. The minimum Gasteiger partial charge on any atom is -0.431 e. The predicted molar refractivity (Wildman–Crippen MR) is 34.7 cm³/mol. The molecular weight excluding hydrogens is 134 g/mol. The van der Waals surface area contributed by atoms with Gasteiger partial charge in [-0.15, -0.1) is 0 Å². The molecule has 0 spiro atoms. The molecule has 0 radical (unpaired) electrons. The summed E-state index contributed by atoms with van der Waals surface area (Å²) in [5.41, 5.74) is 4.76. The summed E-state index contributed by atoms with van der Waals surface area (Å²) in [7, 11) is 0. The third kappa shape index (κ3) is 4.83. The number of hydrogen-bond acceptors (Lipinski definition) is 3. The number of carbonyl (C=O) groups excluding carboxylic acids is 2. The van der Waals surface area contributed by atoms with E-state index in [0.29, 0.717) is 0 Å². The number of allylic oxidation sites excluding steroid dienone is 1. The van der Waals surface area contributed by atoms with Gasteiger partial charge in [0.25, 0.3) is 0 Å². The van der Waals surface area contributed by atoms with Crippen molar-refractivity contribution in [2.24, 2.45) is 5.73 Å². The second-order valence-electron chi connectivity index (χ2n) is 1.75. The molecule has 0 heterocycles. The Kier molecular flexibility index (Phi) is 3.17. The van der Waals surface area contributed by atoms with Crippen LogP contribution in [0.4, 0.5) is 0 Å². The Morgan fingerprint density at radius 3 is 2.20 bits per heavy atom. The molecule has 10 heavy (non-hydrogen) atoms. The van der Waals surface area contributed by atoms with E-state index in [2.05, 4.69) is 4.74 Å². The van der Waals surface area contributed by atoms with Crippen molar-refractivity contribution in [3.8, 4) is 0 Å². The Hall–Kier alpha value is -1.32. The lowest BCUT2D eigenvalue weighted by Gasteiger charge is -1.97. The van der Waals surface area contributed by atoms with E-state index in [0.717, 1.165) is 6.08 Å². The van der Waals surface area contributed by atoms with Gasteiger partial charge in [-0.2, -0.15) is 0 Å². The largest absolute Gasteiger partial charge is 0.431 e. The van der Waals surface area contributed by atoms with E-state index in [1.54, 1.807) is 0 Å². The van der Waals surface area contributed by atoms with Crippen molar-refractivity contribution < 1.29 is 14.3 Å². The van der Waals surface area contributed by atoms with Crippen LogP contribution < -0.4 is 5.73 Å². The molecule has 0 aliphatic rings. The van der Waals surface area contributed by atoms with E-state index in [9.17, 15) is 9.59 Å². The molecule has 4 heteroatoms. The first kappa shape index (κ1) is 8.68. The SMILES string of the molecule is CC(=O)O/C(C)=C\C(N)=O. The minimum atomic E-state index is -0.626. The third-order valence-corrected chi connectivity index (χ3v) is 0.650. The van der Waals surface area contributed by atoms with Crippen LogP contribution in [0.1, 0.15) is 13.8 Å². The normalized spacial score (nSPS) is 10.8. The van der Waals surface area contributed by atoms with E-state index in [-0.39, 0.29) is 5.76 Å². The average Bonchev–Trinajstić information content (AvgIpc) is 1.58. The molecule has 4 nitrogen and oxygen atoms in total. The molecule has 0 rings (SSSR count). The minimum absolute atomic E-state index is 0.208. The summed E-state index contributed by atoms with van der Waals surface area (Å²) in [5.74, 6) is -0.881. The van der Waals surface area contributed by atoms with Gasteiger partial charge in [0.05, 0.1) is 0 Å². The number of carbonyl (C=O) groups is 2. The van der Waals surface area contributed by atoms with Crippen molar-refractivity contribution in [2.45, 2.75) is 13.8 Å². The van der Waals surface area contributed by atoms with E-state index < -0.39 is 11.9 Å². The molecular formula is C6H9NO3. The Bertz CT molecular complexity index is 183. The van der Waals surface area contributed by atoms with E-state index in [1.807, 2.05) is 0 Å². The summed E-state index contributed by atoms with van der Waals surface area (Å²) in [6.07, 6.45) is 1.04. The van der Waals surface area contributed by atoms with Crippen LogP contribution in [-0.2, 0) is 14.3 Å². The molecule has 0 aromatic rings. The number of rotatable bonds is 2. The summed E-state index contributed by atoms with van der Waals surface area (Å²) in [4.78, 5) is 20.4. The van der Waals surface area contributed by atoms with Crippen LogP contribution in [0.15, 0.2) is 11.8 Å². The zero-order chi connectivity index (χ0) is 8.15. The standard InChI is InChI=1S/C6H9NO3/c1-4(3-6(7)9)10-5(2)8/h3H,1-2H3,(H2,7,9)/b4-3-. The highest BCUT2D eigenvalue weighted by molar-refractivity contribution is 5.86. The van der Waals surface area contributed by atoms with Crippen LogP contribution in [0.3, 0.4) is 0 Å². The van der Waals surface area contributed by atoms with Gasteiger partial charge in [0.15, 0.2) is 0 Å². The van der Waals surface area contributed by atoms with Gasteiger partial charge in [-0.05, 0) is 6.92 Å². The lowest BCUT2D eigenvalue weighted by molar-refractivity contribution is -0.136. The summed E-state index contributed by atoms with van der Waals surface area (Å²) < 4.78 is 4.48. The van der Waals surface area contributed by atoms with Gasteiger partial charge < -0.3 is 10.5 Å². The maximum Gasteiger partial charge on any atom is 0.307 e. The summed E-state index contributed by atoms with van der Waals surface area (Å²) in [5, 5.41) is 0. The first-order valence-electron chi connectivity index (χ1n) is 2.68. The van der Waals surface area contributed by atoms with Crippen molar-refractivity contribution in [2.75, 3.05) is 0 Å². The molecule has 0 aliphatic heterocycles. The van der Waals surface area contributed by atoms with Crippen LogP contribution in [0.25, 0.3) is 0 Å². The highest BCUT2D eigenvalue weighted by atomic mass is 16.5. The van der Waals surface area contributed by atoms with Crippen molar-refractivity contribution in [1.29, 1.82) is 0 Å². The predicted octanol–water partition coefficient (Wildman–Crippen LogP) is -0.0614. The van der Waals surface area contributed by atoms with Gasteiger partial charge in [0.2, 0.25) is 5.91 Å². The van der Waals surface area contributed by atoms with Crippen LogP contribution in [0.5, 0.6) is 0 Å². The lowest BCUT2D eigenvalue weighted by Crippen LogP contribution is -2.08. The van der Waals surface area contributed by atoms with E-state index in [4.69, 9.17) is 5.73 Å². The second kappa shape index (κ2) is 3.66. The smallest absolute Gasteiger partial charge is 0.307 e. The molecule has 0 aromatic carbocycles. The molecule has 56 valence electrons. The third-order valence-electron chi connectivity index (χ3n) is 0.650. The Labute approximate surface area is 58.7 Å². The van der Waals surface area contributed by atoms with Crippen LogP contribution in [0, 0.1) is 0 Å². The Balaban J connectivity index is 3.95. The highest BCUT2D eigenvalue weighted by Crippen LogP contribution is 1.93. The summed E-state index contributed by atoms with van der Waals surface area (Å²) in [6, 6.07) is 0. The number of amides is 1. The van der Waals surface area contributed by atoms with Crippen LogP contribution >= 0.6 is 0 Å². The Morgan fingerprint density at radius 1 is 1.40 bits per heavy atom. The fourth-order valence-electron chi connectivity index (χ4n) is 0.457. The fraction of sp³-hybridized carbons (Fsp3) is 0.333. The molecule has 2 N–H and O–H groups in total. The van der Waals surface area contributed by atoms with Crippen molar-refractivity contribution in [1.82, 2.24) is 0 Å². The number of esters is 1. The van der Waals surface area contributed by atoms with Gasteiger partial charge in [-0.1, -0.05) is 0 Å². The van der Waals surface area contributed by atoms with Crippen molar-refractivity contribution >= 4 is 11.9 Å². The molecule has 0 aliphatic carbocycles. The van der Waals surface area contributed by atoms with E-state index >= 15 is 0 Å². The molecule has 1 amide bonds. The van der Waals surface area contributed by atoms with Gasteiger partial charge in [0, 0.05) is 13.0 Å². The molecule has 0 saturated carbocycles. The number of hydrogen-bond donors (Lipinski definition) is 1. The van der Waals surface area contributed by atoms with Crippen molar-refractivity contribution in [3.63, 3.8) is 0 Å².